The molecule has 0 aliphatic carbocycles. The first kappa shape index (κ1) is 13.5. The zero-order valence-electron chi connectivity index (χ0n) is 8.56. The van der Waals surface area contributed by atoms with E-state index >= 15 is 0 Å². The molecule has 0 aliphatic heterocycles. The van der Waals surface area contributed by atoms with Gasteiger partial charge in [-0.1, -0.05) is 31.4 Å². The highest BCUT2D eigenvalue weighted by atomic mass is 19.4. The minimum absolute atomic E-state index is 0.391. The number of hydrogen-bond acceptors (Lipinski definition) is 1. The molecule has 0 saturated heterocycles. The van der Waals surface area contributed by atoms with Crippen LogP contribution in [0.4, 0.5) is 13.2 Å². The molecule has 0 radical (unpaired) electrons. The van der Waals surface area contributed by atoms with Gasteiger partial charge < -0.3 is 5.32 Å². The summed E-state index contributed by atoms with van der Waals surface area (Å²) in [6.07, 6.45) is 1.84. The summed E-state index contributed by atoms with van der Waals surface area (Å²) < 4.78 is 35.9. The summed E-state index contributed by atoms with van der Waals surface area (Å²) in [5.41, 5.74) is 1.04. The largest absolute Gasteiger partial charge is 0.405 e. The molecule has 0 aromatic carbocycles. The van der Waals surface area contributed by atoms with Crippen LogP contribution in [0.2, 0.25) is 0 Å². The highest BCUT2D eigenvalue weighted by molar-refractivity contribution is 5.30. The number of nitrogens with one attached hydrogen (secondary N) is 1. The van der Waals surface area contributed by atoms with Crippen LogP contribution in [0, 0.1) is 0 Å². The van der Waals surface area contributed by atoms with Crippen LogP contribution in [0.5, 0.6) is 0 Å². The van der Waals surface area contributed by atoms with Crippen LogP contribution in [-0.2, 0) is 0 Å². The molecule has 0 aliphatic rings. The maximum absolute atomic E-state index is 12.0. The number of rotatable bonds is 5. The normalized spacial score (nSPS) is 13.6. The Kier molecular flexibility index (Phi) is 5.52. The van der Waals surface area contributed by atoms with Gasteiger partial charge in [-0.25, -0.2) is 0 Å². The molecule has 0 fully saturated rings. The lowest BCUT2D eigenvalue weighted by atomic mass is 10.2. The Bertz CT molecular complexity index is 285. The molecule has 0 spiro atoms. The Morgan fingerprint density at radius 3 is 2.33 bits per heavy atom. The van der Waals surface area contributed by atoms with Crippen molar-refractivity contribution in [1.29, 1.82) is 0 Å². The maximum Gasteiger partial charge on any atom is 0.405 e. The zero-order valence-corrected chi connectivity index (χ0v) is 8.56. The fourth-order valence-electron chi connectivity index (χ4n) is 0.799. The van der Waals surface area contributed by atoms with E-state index in [9.17, 15) is 13.2 Å². The summed E-state index contributed by atoms with van der Waals surface area (Å²) in [6, 6.07) is 0. The predicted octanol–water partition coefficient (Wildman–Crippen LogP) is 3.34. The minimum Gasteiger partial charge on any atom is -0.376 e. The van der Waals surface area contributed by atoms with Crippen molar-refractivity contribution in [3.8, 4) is 0 Å². The van der Waals surface area contributed by atoms with Crippen LogP contribution in [-0.4, -0.2) is 12.7 Å². The molecule has 0 aromatic heterocycles. The van der Waals surface area contributed by atoms with Crippen molar-refractivity contribution in [2.75, 3.05) is 6.54 Å². The quantitative estimate of drug-likeness (QED) is 0.696. The van der Waals surface area contributed by atoms with E-state index < -0.39 is 12.7 Å². The van der Waals surface area contributed by atoms with Gasteiger partial charge in [0.05, 0.1) is 0 Å². The second kappa shape index (κ2) is 6.11. The van der Waals surface area contributed by atoms with Crippen LogP contribution < -0.4 is 5.32 Å². The molecule has 0 rings (SSSR count). The summed E-state index contributed by atoms with van der Waals surface area (Å²) in [5.74, 6) is 0. The van der Waals surface area contributed by atoms with Crippen LogP contribution in [0.25, 0.3) is 0 Å². The predicted molar refractivity (Wildman–Crippen MR) is 56.3 cm³/mol. The number of hydrogen-bond donors (Lipinski definition) is 1. The summed E-state index contributed by atoms with van der Waals surface area (Å²) in [7, 11) is 0. The summed E-state index contributed by atoms with van der Waals surface area (Å²) in [5, 5.41) is 2.29. The standard InChI is InChI=1S/C11H14F3N/c1-4-6-7-10(9(3)5-2)15-8-11(12,13)14/h4-7,15H,1-2,8H2,3H3/b7-6-,10-9-. The van der Waals surface area contributed by atoms with Gasteiger partial charge in [0.1, 0.15) is 6.54 Å². The minimum atomic E-state index is -4.23. The number of allylic oxidation sites excluding steroid dienone is 5. The van der Waals surface area contributed by atoms with E-state index in [1.54, 1.807) is 13.0 Å². The average Bonchev–Trinajstić information content (AvgIpc) is 2.15. The third-order valence-corrected chi connectivity index (χ3v) is 1.61. The van der Waals surface area contributed by atoms with Gasteiger partial charge in [0.25, 0.3) is 0 Å². The Hall–Kier alpha value is -1.45. The molecule has 1 nitrogen and oxygen atoms in total. The lowest BCUT2D eigenvalue weighted by Crippen LogP contribution is -2.28. The molecule has 15 heavy (non-hydrogen) atoms. The summed E-state index contributed by atoms with van der Waals surface area (Å²) >= 11 is 0. The number of alkyl halides is 3. The Labute approximate surface area is 87.7 Å². The van der Waals surface area contributed by atoms with Crippen molar-refractivity contribution >= 4 is 0 Å². The van der Waals surface area contributed by atoms with Gasteiger partial charge in [-0.15, -0.1) is 0 Å². The lowest BCUT2D eigenvalue weighted by molar-refractivity contribution is -0.123. The van der Waals surface area contributed by atoms with E-state index in [0.29, 0.717) is 11.3 Å². The molecular formula is C11H14F3N. The van der Waals surface area contributed by atoms with Gasteiger partial charge in [-0.3, -0.25) is 0 Å². The van der Waals surface area contributed by atoms with Gasteiger partial charge >= 0.3 is 6.18 Å². The third-order valence-electron chi connectivity index (χ3n) is 1.61. The van der Waals surface area contributed by atoms with Crippen molar-refractivity contribution in [2.24, 2.45) is 0 Å². The molecule has 84 valence electrons. The smallest absolute Gasteiger partial charge is 0.376 e. The summed E-state index contributed by atoms with van der Waals surface area (Å²) in [4.78, 5) is 0. The zero-order chi connectivity index (χ0) is 11.9. The fraction of sp³-hybridized carbons (Fsp3) is 0.273. The molecule has 0 saturated carbocycles. The molecule has 4 heteroatoms. The maximum atomic E-state index is 12.0. The van der Waals surface area contributed by atoms with Gasteiger partial charge in [0, 0.05) is 5.70 Å². The molecule has 1 N–H and O–H groups in total. The Balaban J connectivity index is 4.61. The van der Waals surface area contributed by atoms with Crippen molar-refractivity contribution in [2.45, 2.75) is 13.1 Å². The molecule has 0 amide bonds. The first-order valence-corrected chi connectivity index (χ1v) is 4.33. The topological polar surface area (TPSA) is 12.0 Å². The molecule has 0 aromatic rings. The second-order valence-corrected chi connectivity index (χ2v) is 2.86. The third kappa shape index (κ3) is 6.60. The van der Waals surface area contributed by atoms with Crippen molar-refractivity contribution in [1.82, 2.24) is 5.32 Å². The molecule has 0 heterocycles. The van der Waals surface area contributed by atoms with Gasteiger partial charge in [0.15, 0.2) is 0 Å². The van der Waals surface area contributed by atoms with Crippen molar-refractivity contribution in [3.63, 3.8) is 0 Å². The van der Waals surface area contributed by atoms with E-state index in [1.165, 1.54) is 18.2 Å². The van der Waals surface area contributed by atoms with Crippen LogP contribution >= 0.6 is 0 Å². The fourth-order valence-corrected chi connectivity index (χ4v) is 0.799. The van der Waals surface area contributed by atoms with Crippen LogP contribution in [0.3, 0.4) is 0 Å². The monoisotopic (exact) mass is 217 g/mol. The van der Waals surface area contributed by atoms with E-state index in [4.69, 9.17) is 0 Å². The van der Waals surface area contributed by atoms with E-state index in [-0.39, 0.29) is 0 Å². The van der Waals surface area contributed by atoms with E-state index in [0.717, 1.165) is 0 Å². The van der Waals surface area contributed by atoms with E-state index in [1.807, 2.05) is 0 Å². The van der Waals surface area contributed by atoms with Gasteiger partial charge in [-0.05, 0) is 18.6 Å². The highest BCUT2D eigenvalue weighted by Crippen LogP contribution is 2.14. The van der Waals surface area contributed by atoms with Gasteiger partial charge in [-0.2, -0.15) is 13.2 Å². The molecule has 0 unspecified atom stereocenters. The Morgan fingerprint density at radius 2 is 1.93 bits per heavy atom. The number of halogens is 3. The SMILES string of the molecule is C=C/C=C\C(NCC(F)(F)F)=C(/C)C=C. The van der Waals surface area contributed by atoms with Crippen molar-refractivity contribution < 1.29 is 13.2 Å². The Morgan fingerprint density at radius 1 is 1.33 bits per heavy atom. The average molecular weight is 217 g/mol. The molecule has 0 bridgehead atoms. The van der Waals surface area contributed by atoms with E-state index in [2.05, 4.69) is 18.5 Å². The lowest BCUT2D eigenvalue weighted by Gasteiger charge is -2.11. The molecule has 0 atom stereocenters. The van der Waals surface area contributed by atoms with Crippen LogP contribution in [0.1, 0.15) is 6.92 Å². The summed E-state index contributed by atoms with van der Waals surface area (Å²) in [6.45, 7) is 7.56. The second-order valence-electron chi connectivity index (χ2n) is 2.86. The van der Waals surface area contributed by atoms with Crippen molar-refractivity contribution in [3.05, 3.63) is 48.7 Å². The highest BCUT2D eigenvalue weighted by Gasteiger charge is 2.26. The first-order chi connectivity index (χ1) is 6.90. The first-order valence-electron chi connectivity index (χ1n) is 4.33. The van der Waals surface area contributed by atoms with Crippen LogP contribution in [0.15, 0.2) is 48.7 Å². The van der Waals surface area contributed by atoms with Gasteiger partial charge in [0.2, 0.25) is 0 Å². The molecular weight excluding hydrogens is 203 g/mol.